The molecule has 0 aromatic carbocycles. The molecule has 0 bridgehead atoms. The van der Waals surface area contributed by atoms with Crippen LogP contribution in [0, 0.1) is 17.8 Å². The van der Waals surface area contributed by atoms with Gasteiger partial charge in [-0.2, -0.15) is 0 Å². The van der Waals surface area contributed by atoms with E-state index in [0.717, 1.165) is 19.5 Å². The van der Waals surface area contributed by atoms with Gasteiger partial charge in [0.25, 0.3) is 0 Å². The fourth-order valence-corrected chi connectivity index (χ4v) is 1.80. The van der Waals surface area contributed by atoms with Gasteiger partial charge in [0.15, 0.2) is 0 Å². The number of nitrogens with one attached hydrogen (secondary N) is 1. The SMILES string of the molecule is CCC(O)CNCC(C(C)C)C(C)C. The minimum atomic E-state index is -0.185. The maximum Gasteiger partial charge on any atom is 0.0662 e. The topological polar surface area (TPSA) is 32.3 Å². The zero-order valence-electron chi connectivity index (χ0n) is 10.4. The summed E-state index contributed by atoms with van der Waals surface area (Å²) < 4.78 is 0. The van der Waals surface area contributed by atoms with Crippen molar-refractivity contribution in [3.63, 3.8) is 0 Å². The summed E-state index contributed by atoms with van der Waals surface area (Å²) in [6.45, 7) is 12.8. The van der Waals surface area contributed by atoms with Crippen molar-refractivity contribution in [2.45, 2.75) is 47.1 Å². The Bertz CT molecular complexity index is 126. The Hall–Kier alpha value is -0.0800. The van der Waals surface area contributed by atoms with Gasteiger partial charge in [-0.1, -0.05) is 34.6 Å². The third-order valence-corrected chi connectivity index (χ3v) is 2.94. The van der Waals surface area contributed by atoms with Crippen LogP contribution in [0.2, 0.25) is 0 Å². The average Bonchev–Trinajstić information content (AvgIpc) is 2.10. The molecule has 0 spiro atoms. The van der Waals surface area contributed by atoms with Crippen molar-refractivity contribution in [3.05, 3.63) is 0 Å². The molecule has 0 saturated carbocycles. The smallest absolute Gasteiger partial charge is 0.0662 e. The lowest BCUT2D eigenvalue weighted by atomic mass is 9.85. The van der Waals surface area contributed by atoms with Crippen molar-refractivity contribution in [2.24, 2.45) is 17.8 Å². The number of aliphatic hydroxyl groups is 1. The number of hydrogen-bond acceptors (Lipinski definition) is 2. The molecule has 2 heteroatoms. The van der Waals surface area contributed by atoms with Gasteiger partial charge in [0.05, 0.1) is 6.10 Å². The highest BCUT2D eigenvalue weighted by molar-refractivity contribution is 4.70. The van der Waals surface area contributed by atoms with E-state index >= 15 is 0 Å². The van der Waals surface area contributed by atoms with Gasteiger partial charge in [-0.3, -0.25) is 0 Å². The van der Waals surface area contributed by atoms with Crippen molar-refractivity contribution >= 4 is 0 Å². The van der Waals surface area contributed by atoms with Gasteiger partial charge in [-0.15, -0.1) is 0 Å². The van der Waals surface area contributed by atoms with E-state index < -0.39 is 0 Å². The van der Waals surface area contributed by atoms with E-state index in [2.05, 4.69) is 33.0 Å². The Morgan fingerprint density at radius 1 is 1.00 bits per heavy atom. The molecule has 14 heavy (non-hydrogen) atoms. The summed E-state index contributed by atoms with van der Waals surface area (Å²) in [5.41, 5.74) is 0. The van der Waals surface area contributed by atoms with E-state index in [-0.39, 0.29) is 6.10 Å². The van der Waals surface area contributed by atoms with Crippen molar-refractivity contribution in [2.75, 3.05) is 13.1 Å². The molecule has 0 aliphatic carbocycles. The van der Waals surface area contributed by atoms with Crippen molar-refractivity contribution in [1.29, 1.82) is 0 Å². The van der Waals surface area contributed by atoms with Crippen LogP contribution in [0.15, 0.2) is 0 Å². The van der Waals surface area contributed by atoms with Crippen molar-refractivity contribution in [3.8, 4) is 0 Å². The molecule has 1 atom stereocenters. The summed E-state index contributed by atoms with van der Waals surface area (Å²) >= 11 is 0. The van der Waals surface area contributed by atoms with Gasteiger partial charge >= 0.3 is 0 Å². The highest BCUT2D eigenvalue weighted by Crippen LogP contribution is 2.19. The first-order valence-electron chi connectivity index (χ1n) is 5.87. The van der Waals surface area contributed by atoms with Crippen LogP contribution in [0.5, 0.6) is 0 Å². The molecule has 0 aliphatic rings. The largest absolute Gasteiger partial charge is 0.392 e. The van der Waals surface area contributed by atoms with Crippen LogP contribution in [-0.2, 0) is 0 Å². The first-order chi connectivity index (χ1) is 6.49. The highest BCUT2D eigenvalue weighted by Gasteiger charge is 2.16. The predicted octanol–water partition coefficient (Wildman–Crippen LogP) is 2.28. The lowest BCUT2D eigenvalue weighted by Crippen LogP contribution is -2.34. The van der Waals surface area contributed by atoms with E-state index in [9.17, 15) is 5.11 Å². The number of aliphatic hydroxyl groups excluding tert-OH is 1. The van der Waals surface area contributed by atoms with E-state index in [0.29, 0.717) is 17.8 Å². The quantitative estimate of drug-likeness (QED) is 0.662. The van der Waals surface area contributed by atoms with Crippen molar-refractivity contribution < 1.29 is 5.11 Å². The van der Waals surface area contributed by atoms with E-state index in [4.69, 9.17) is 0 Å². The summed E-state index contributed by atoms with van der Waals surface area (Å²) in [5, 5.41) is 12.7. The van der Waals surface area contributed by atoms with E-state index in [1.165, 1.54) is 0 Å². The monoisotopic (exact) mass is 201 g/mol. The van der Waals surface area contributed by atoms with Crippen molar-refractivity contribution in [1.82, 2.24) is 5.32 Å². The molecule has 0 fully saturated rings. The highest BCUT2D eigenvalue weighted by atomic mass is 16.3. The molecule has 1 unspecified atom stereocenters. The summed E-state index contributed by atoms with van der Waals surface area (Å²) in [7, 11) is 0. The van der Waals surface area contributed by atoms with Crippen LogP contribution in [0.3, 0.4) is 0 Å². The Morgan fingerprint density at radius 2 is 1.50 bits per heavy atom. The maximum absolute atomic E-state index is 9.39. The summed E-state index contributed by atoms with van der Waals surface area (Å²) in [6, 6.07) is 0. The molecule has 2 N–H and O–H groups in total. The average molecular weight is 201 g/mol. The minimum Gasteiger partial charge on any atom is -0.392 e. The summed E-state index contributed by atoms with van der Waals surface area (Å²) in [5.74, 6) is 2.13. The van der Waals surface area contributed by atoms with Crippen LogP contribution in [0.25, 0.3) is 0 Å². The normalized spacial score (nSPS) is 14.4. The standard InChI is InChI=1S/C12H27NO/c1-6-11(14)7-13-8-12(9(2)3)10(4)5/h9-14H,6-8H2,1-5H3. The molecule has 0 amide bonds. The zero-order chi connectivity index (χ0) is 11.1. The van der Waals surface area contributed by atoms with E-state index in [1.807, 2.05) is 6.92 Å². The fourth-order valence-electron chi connectivity index (χ4n) is 1.80. The lowest BCUT2D eigenvalue weighted by Gasteiger charge is -2.25. The van der Waals surface area contributed by atoms with Crippen LogP contribution < -0.4 is 5.32 Å². The molecule has 2 nitrogen and oxygen atoms in total. The third kappa shape index (κ3) is 5.61. The Balaban J connectivity index is 3.72. The molecule has 0 aromatic rings. The van der Waals surface area contributed by atoms with Crippen LogP contribution in [0.1, 0.15) is 41.0 Å². The fraction of sp³-hybridized carbons (Fsp3) is 1.00. The van der Waals surface area contributed by atoms with Gasteiger partial charge < -0.3 is 10.4 Å². The molecular weight excluding hydrogens is 174 g/mol. The molecule has 0 aliphatic heterocycles. The van der Waals surface area contributed by atoms with Crippen LogP contribution in [0.4, 0.5) is 0 Å². The van der Waals surface area contributed by atoms with Gasteiger partial charge in [0.2, 0.25) is 0 Å². The Kier molecular flexibility index (Phi) is 7.20. The Labute approximate surface area is 89.1 Å². The molecule has 86 valence electrons. The molecular formula is C12H27NO. The molecule has 0 heterocycles. The van der Waals surface area contributed by atoms with Crippen LogP contribution >= 0.6 is 0 Å². The zero-order valence-corrected chi connectivity index (χ0v) is 10.4. The second kappa shape index (κ2) is 7.24. The third-order valence-electron chi connectivity index (χ3n) is 2.94. The number of rotatable bonds is 7. The molecule has 0 saturated heterocycles. The van der Waals surface area contributed by atoms with Gasteiger partial charge in [0, 0.05) is 6.54 Å². The summed E-state index contributed by atoms with van der Waals surface area (Å²) in [4.78, 5) is 0. The second-order valence-corrected chi connectivity index (χ2v) is 4.87. The van der Waals surface area contributed by atoms with Crippen LogP contribution in [-0.4, -0.2) is 24.3 Å². The van der Waals surface area contributed by atoms with Gasteiger partial charge in [-0.05, 0) is 30.7 Å². The van der Waals surface area contributed by atoms with Gasteiger partial charge in [0.1, 0.15) is 0 Å². The minimum absolute atomic E-state index is 0.185. The second-order valence-electron chi connectivity index (χ2n) is 4.87. The first kappa shape index (κ1) is 13.9. The number of hydrogen-bond donors (Lipinski definition) is 2. The van der Waals surface area contributed by atoms with E-state index in [1.54, 1.807) is 0 Å². The molecule has 0 rings (SSSR count). The predicted molar refractivity (Wildman–Crippen MR) is 62.3 cm³/mol. The summed E-state index contributed by atoms with van der Waals surface area (Å²) in [6.07, 6.45) is 0.649. The maximum atomic E-state index is 9.39. The molecule has 0 aromatic heterocycles. The first-order valence-corrected chi connectivity index (χ1v) is 5.87. The molecule has 0 radical (unpaired) electrons. The Morgan fingerprint density at radius 3 is 1.86 bits per heavy atom. The van der Waals surface area contributed by atoms with Gasteiger partial charge in [-0.25, -0.2) is 0 Å². The lowest BCUT2D eigenvalue weighted by molar-refractivity contribution is 0.160.